The van der Waals surface area contributed by atoms with Crippen molar-refractivity contribution in [1.29, 1.82) is 0 Å². The topological polar surface area (TPSA) is 86.8 Å². The molecule has 0 unspecified atom stereocenters. The second-order valence-corrected chi connectivity index (χ2v) is 11.7. The first-order valence-electron chi connectivity index (χ1n) is 12.2. The molecule has 0 aliphatic rings. The number of benzene rings is 3. The molecule has 0 heterocycles. The normalized spacial score (nSPS) is 12.9. The number of amides is 2. The molecule has 0 saturated heterocycles. The summed E-state index contributed by atoms with van der Waals surface area (Å²) >= 11 is 12.2. The van der Waals surface area contributed by atoms with Crippen LogP contribution in [-0.4, -0.2) is 43.8 Å². The van der Waals surface area contributed by atoms with E-state index >= 15 is 0 Å². The number of hydrogen-bond donors (Lipinski definition) is 1. The molecule has 0 radical (unpaired) electrons. The number of sulfonamides is 1. The summed E-state index contributed by atoms with van der Waals surface area (Å²) in [5.41, 5.74) is 0.976. The molecule has 3 aromatic rings. The molecule has 2 amide bonds. The van der Waals surface area contributed by atoms with Crippen molar-refractivity contribution in [2.75, 3.05) is 10.8 Å². The van der Waals surface area contributed by atoms with Crippen molar-refractivity contribution < 1.29 is 18.0 Å². The highest BCUT2D eigenvalue weighted by Gasteiger charge is 2.32. The lowest BCUT2D eigenvalue weighted by Crippen LogP contribution is -2.52. The van der Waals surface area contributed by atoms with Crippen LogP contribution in [0.1, 0.15) is 32.8 Å². The molecular formula is C28H31Cl2N3O4S. The Bertz CT molecular complexity index is 1350. The van der Waals surface area contributed by atoms with E-state index in [9.17, 15) is 18.0 Å². The van der Waals surface area contributed by atoms with Crippen LogP contribution in [-0.2, 0) is 26.2 Å². The van der Waals surface area contributed by atoms with Gasteiger partial charge in [-0.15, -0.1) is 0 Å². The van der Waals surface area contributed by atoms with Crippen molar-refractivity contribution in [3.8, 4) is 0 Å². The fourth-order valence-corrected chi connectivity index (χ4v) is 5.45. The molecule has 0 bridgehead atoms. The van der Waals surface area contributed by atoms with Crippen molar-refractivity contribution >= 4 is 50.7 Å². The Balaban J connectivity index is 2.01. The van der Waals surface area contributed by atoms with Crippen LogP contribution >= 0.6 is 23.2 Å². The molecule has 202 valence electrons. The molecule has 7 nitrogen and oxygen atoms in total. The zero-order valence-electron chi connectivity index (χ0n) is 21.5. The molecule has 2 atom stereocenters. The fourth-order valence-electron chi connectivity index (χ4n) is 3.71. The number of nitrogens with one attached hydrogen (secondary N) is 1. The van der Waals surface area contributed by atoms with Gasteiger partial charge in [-0.05, 0) is 68.3 Å². The summed E-state index contributed by atoms with van der Waals surface area (Å²) in [5.74, 6) is -0.881. The highest BCUT2D eigenvalue weighted by Crippen LogP contribution is 2.27. The van der Waals surface area contributed by atoms with Crippen LogP contribution in [0.3, 0.4) is 0 Å². The standard InChI is InChI=1S/C28H31Cl2N3O4S/c1-4-20(2)31-28(35)21(3)32(18-22-13-15-23(29)16-14-22)27(34)19-33(25-10-8-9-24(30)17-25)38(36,37)26-11-6-5-7-12-26/h5-17,20-21H,4,18-19H2,1-3H3,(H,31,35)/t20-,21+/m0/s1. The summed E-state index contributed by atoms with van der Waals surface area (Å²) in [7, 11) is -4.14. The molecule has 10 heteroatoms. The quantitative estimate of drug-likeness (QED) is 0.326. The molecule has 0 fully saturated rings. The number of hydrogen-bond acceptors (Lipinski definition) is 4. The summed E-state index contributed by atoms with van der Waals surface area (Å²) in [6, 6.07) is 20.1. The molecule has 0 spiro atoms. The minimum Gasteiger partial charge on any atom is -0.352 e. The van der Waals surface area contributed by atoms with E-state index in [0.717, 1.165) is 16.3 Å². The molecule has 1 N–H and O–H groups in total. The van der Waals surface area contributed by atoms with Crippen molar-refractivity contribution in [1.82, 2.24) is 10.2 Å². The first-order valence-corrected chi connectivity index (χ1v) is 14.4. The van der Waals surface area contributed by atoms with Gasteiger partial charge < -0.3 is 10.2 Å². The molecule has 0 aliphatic heterocycles. The first kappa shape index (κ1) is 29.5. The average molecular weight is 577 g/mol. The van der Waals surface area contributed by atoms with Crippen LogP contribution in [0, 0.1) is 0 Å². The largest absolute Gasteiger partial charge is 0.352 e. The zero-order valence-corrected chi connectivity index (χ0v) is 23.8. The second kappa shape index (κ2) is 13.1. The number of halogens is 2. The predicted molar refractivity (Wildman–Crippen MR) is 152 cm³/mol. The van der Waals surface area contributed by atoms with Crippen LogP contribution in [0.2, 0.25) is 10.0 Å². The summed E-state index contributed by atoms with van der Waals surface area (Å²) < 4.78 is 28.4. The van der Waals surface area contributed by atoms with E-state index in [1.807, 2.05) is 13.8 Å². The lowest BCUT2D eigenvalue weighted by Gasteiger charge is -2.32. The molecule has 38 heavy (non-hydrogen) atoms. The van der Waals surface area contributed by atoms with Crippen LogP contribution in [0.25, 0.3) is 0 Å². The van der Waals surface area contributed by atoms with Gasteiger partial charge in [0.1, 0.15) is 12.6 Å². The van der Waals surface area contributed by atoms with Crippen LogP contribution in [0.15, 0.2) is 83.8 Å². The summed E-state index contributed by atoms with van der Waals surface area (Å²) in [5, 5.41) is 3.76. The van der Waals surface area contributed by atoms with E-state index in [0.29, 0.717) is 10.0 Å². The van der Waals surface area contributed by atoms with Gasteiger partial charge in [-0.1, -0.05) is 66.5 Å². The van der Waals surface area contributed by atoms with Gasteiger partial charge in [0.25, 0.3) is 10.0 Å². The van der Waals surface area contributed by atoms with Gasteiger partial charge >= 0.3 is 0 Å². The number of carbonyl (C=O) groups excluding carboxylic acids is 2. The predicted octanol–water partition coefficient (Wildman–Crippen LogP) is 5.52. The van der Waals surface area contributed by atoms with Gasteiger partial charge in [0.2, 0.25) is 11.8 Å². The van der Waals surface area contributed by atoms with Gasteiger partial charge in [-0.25, -0.2) is 8.42 Å². The Morgan fingerprint density at radius 1 is 0.895 bits per heavy atom. The Kier molecular flexibility index (Phi) is 10.2. The van der Waals surface area contributed by atoms with Crippen LogP contribution in [0.4, 0.5) is 5.69 Å². The highest BCUT2D eigenvalue weighted by molar-refractivity contribution is 7.92. The van der Waals surface area contributed by atoms with Crippen LogP contribution < -0.4 is 9.62 Å². The third-order valence-electron chi connectivity index (χ3n) is 6.14. The second-order valence-electron chi connectivity index (χ2n) is 8.95. The lowest BCUT2D eigenvalue weighted by atomic mass is 10.1. The Labute approximate surface area is 234 Å². The van der Waals surface area contributed by atoms with Gasteiger partial charge in [-0.3, -0.25) is 13.9 Å². The maximum atomic E-state index is 13.8. The summed E-state index contributed by atoms with van der Waals surface area (Å²) in [6.45, 7) is 5.00. The van der Waals surface area contributed by atoms with Crippen molar-refractivity contribution in [2.45, 2.75) is 50.7 Å². The van der Waals surface area contributed by atoms with Crippen molar-refractivity contribution in [3.05, 3.63) is 94.5 Å². The van der Waals surface area contributed by atoms with E-state index in [2.05, 4.69) is 5.32 Å². The monoisotopic (exact) mass is 575 g/mol. The molecule has 0 aromatic heterocycles. The fraction of sp³-hybridized carbons (Fsp3) is 0.286. The first-order chi connectivity index (χ1) is 18.0. The number of carbonyl (C=O) groups is 2. The van der Waals surface area contributed by atoms with Crippen molar-refractivity contribution in [2.24, 2.45) is 0 Å². The van der Waals surface area contributed by atoms with E-state index in [1.54, 1.807) is 67.6 Å². The molecular weight excluding hydrogens is 545 g/mol. The lowest BCUT2D eigenvalue weighted by molar-refractivity contribution is -0.139. The third kappa shape index (κ3) is 7.49. The number of anilines is 1. The maximum Gasteiger partial charge on any atom is 0.264 e. The highest BCUT2D eigenvalue weighted by atomic mass is 35.5. The average Bonchev–Trinajstić information content (AvgIpc) is 2.91. The Morgan fingerprint density at radius 2 is 1.55 bits per heavy atom. The minimum absolute atomic E-state index is 0.0274. The van der Waals surface area contributed by atoms with Gasteiger partial charge in [-0.2, -0.15) is 0 Å². The van der Waals surface area contributed by atoms with E-state index in [4.69, 9.17) is 23.2 Å². The minimum atomic E-state index is -4.14. The van der Waals surface area contributed by atoms with Gasteiger partial charge in [0.15, 0.2) is 0 Å². The Morgan fingerprint density at radius 3 is 2.16 bits per heavy atom. The maximum absolute atomic E-state index is 13.8. The van der Waals surface area contributed by atoms with Crippen molar-refractivity contribution in [3.63, 3.8) is 0 Å². The molecule has 0 saturated carbocycles. The SMILES string of the molecule is CC[C@H](C)NC(=O)[C@@H](C)N(Cc1ccc(Cl)cc1)C(=O)CN(c1cccc(Cl)c1)S(=O)(=O)c1ccccc1. The zero-order chi connectivity index (χ0) is 27.9. The summed E-state index contributed by atoms with van der Waals surface area (Å²) in [6.07, 6.45) is 0.724. The summed E-state index contributed by atoms with van der Waals surface area (Å²) in [4.78, 5) is 28.3. The number of rotatable bonds is 11. The molecule has 3 rings (SSSR count). The smallest absolute Gasteiger partial charge is 0.264 e. The third-order valence-corrected chi connectivity index (χ3v) is 8.42. The van der Waals surface area contributed by atoms with E-state index in [1.165, 1.54) is 23.1 Å². The van der Waals surface area contributed by atoms with Crippen LogP contribution in [0.5, 0.6) is 0 Å². The van der Waals surface area contributed by atoms with Gasteiger partial charge in [0, 0.05) is 22.6 Å². The van der Waals surface area contributed by atoms with E-state index < -0.39 is 28.5 Å². The number of nitrogens with zero attached hydrogens (tertiary/aromatic N) is 2. The van der Waals surface area contributed by atoms with E-state index in [-0.39, 0.29) is 29.1 Å². The Hall–Kier alpha value is -3.07. The molecule has 3 aromatic carbocycles. The van der Waals surface area contributed by atoms with Gasteiger partial charge in [0.05, 0.1) is 10.6 Å². The molecule has 0 aliphatic carbocycles.